The van der Waals surface area contributed by atoms with Gasteiger partial charge in [-0.3, -0.25) is 20.2 Å². The van der Waals surface area contributed by atoms with Gasteiger partial charge in [-0.1, -0.05) is 6.07 Å². The van der Waals surface area contributed by atoms with E-state index in [9.17, 15) is 19.3 Å². The molecule has 0 saturated carbocycles. The largest absolute Gasteiger partial charge is 0.490 e. The number of anilines is 1. The lowest BCUT2D eigenvalue weighted by atomic mass is 10.1. The monoisotopic (exact) mass is 419 g/mol. The number of ether oxygens (including phenoxy) is 2. The molecular formula is C21H26FN3O5. The smallest absolute Gasteiger partial charge is 0.306 e. The molecule has 2 aromatic carbocycles. The van der Waals surface area contributed by atoms with Crippen LogP contribution in [0.3, 0.4) is 0 Å². The van der Waals surface area contributed by atoms with Crippen LogP contribution in [0.1, 0.15) is 39.3 Å². The Morgan fingerprint density at radius 3 is 2.40 bits per heavy atom. The van der Waals surface area contributed by atoms with Crippen molar-refractivity contribution in [2.45, 2.75) is 39.8 Å². The van der Waals surface area contributed by atoms with Gasteiger partial charge in [0.1, 0.15) is 0 Å². The van der Waals surface area contributed by atoms with Gasteiger partial charge in [0.25, 0.3) is 0 Å². The maximum absolute atomic E-state index is 13.5. The predicted molar refractivity (Wildman–Crippen MR) is 111 cm³/mol. The van der Waals surface area contributed by atoms with Gasteiger partial charge in [-0.25, -0.2) is 0 Å². The van der Waals surface area contributed by atoms with Gasteiger partial charge in [-0.05, 0) is 57.5 Å². The highest BCUT2D eigenvalue weighted by Crippen LogP contribution is 2.31. The van der Waals surface area contributed by atoms with Crippen molar-refractivity contribution in [1.29, 1.82) is 0 Å². The second-order valence-electron chi connectivity index (χ2n) is 6.59. The molecule has 2 rings (SSSR count). The van der Waals surface area contributed by atoms with E-state index in [2.05, 4.69) is 10.6 Å². The van der Waals surface area contributed by atoms with Gasteiger partial charge in [0.05, 0.1) is 24.2 Å². The van der Waals surface area contributed by atoms with Crippen molar-refractivity contribution in [3.05, 3.63) is 57.9 Å². The van der Waals surface area contributed by atoms with Gasteiger partial charge in [-0.15, -0.1) is 0 Å². The minimum atomic E-state index is -0.960. The van der Waals surface area contributed by atoms with E-state index in [1.54, 1.807) is 6.92 Å². The number of benzene rings is 2. The molecule has 0 heterocycles. The topological polar surface area (TPSA) is 103 Å². The fourth-order valence-electron chi connectivity index (χ4n) is 2.86. The van der Waals surface area contributed by atoms with E-state index in [1.165, 1.54) is 6.07 Å². The zero-order valence-corrected chi connectivity index (χ0v) is 17.4. The van der Waals surface area contributed by atoms with Crippen molar-refractivity contribution >= 4 is 17.3 Å². The molecule has 0 radical (unpaired) electrons. The highest BCUT2D eigenvalue weighted by molar-refractivity contribution is 5.94. The highest BCUT2D eigenvalue weighted by Gasteiger charge is 2.20. The molecule has 0 fully saturated rings. The summed E-state index contributed by atoms with van der Waals surface area (Å²) in [5.41, 5.74) is 0.354. The van der Waals surface area contributed by atoms with Crippen molar-refractivity contribution in [1.82, 2.24) is 5.32 Å². The Balaban J connectivity index is 2.07. The van der Waals surface area contributed by atoms with Crippen LogP contribution in [0, 0.1) is 15.9 Å². The van der Waals surface area contributed by atoms with Crippen LogP contribution in [0.4, 0.5) is 15.8 Å². The summed E-state index contributed by atoms with van der Waals surface area (Å²) in [6.07, 6.45) is 0. The quantitative estimate of drug-likeness (QED) is 0.442. The number of hydrogen-bond acceptors (Lipinski definition) is 6. The minimum absolute atomic E-state index is 0.147. The average Bonchev–Trinajstić information content (AvgIpc) is 2.70. The predicted octanol–water partition coefficient (Wildman–Crippen LogP) is 4.21. The molecule has 0 bridgehead atoms. The number of hydrogen-bond donors (Lipinski definition) is 2. The average molecular weight is 419 g/mol. The summed E-state index contributed by atoms with van der Waals surface area (Å²) in [5, 5.41) is 16.6. The molecule has 0 aromatic heterocycles. The number of nitrogens with one attached hydrogen (secondary N) is 2. The van der Waals surface area contributed by atoms with Crippen LogP contribution in [-0.2, 0) is 4.79 Å². The van der Waals surface area contributed by atoms with Crippen molar-refractivity contribution < 1.29 is 23.6 Å². The van der Waals surface area contributed by atoms with E-state index >= 15 is 0 Å². The normalized spacial score (nSPS) is 12.7. The van der Waals surface area contributed by atoms with Gasteiger partial charge in [0.2, 0.25) is 11.7 Å². The molecular weight excluding hydrogens is 393 g/mol. The van der Waals surface area contributed by atoms with Crippen LogP contribution in [0.15, 0.2) is 36.4 Å². The summed E-state index contributed by atoms with van der Waals surface area (Å²) < 4.78 is 24.6. The molecule has 0 saturated heterocycles. The third kappa shape index (κ3) is 5.90. The molecule has 1 amide bonds. The summed E-state index contributed by atoms with van der Waals surface area (Å²) >= 11 is 0. The Bertz CT molecular complexity index is 906. The molecule has 30 heavy (non-hydrogen) atoms. The Morgan fingerprint density at radius 2 is 1.77 bits per heavy atom. The molecule has 9 heteroatoms. The first-order valence-corrected chi connectivity index (χ1v) is 9.67. The number of nitro benzene ring substituents is 1. The first-order valence-electron chi connectivity index (χ1n) is 9.67. The minimum Gasteiger partial charge on any atom is -0.490 e. The Hall–Kier alpha value is -3.20. The molecule has 2 atom stereocenters. The summed E-state index contributed by atoms with van der Waals surface area (Å²) in [6.45, 7) is 8.36. The lowest BCUT2D eigenvalue weighted by Gasteiger charge is -2.21. The molecule has 0 aliphatic carbocycles. The maximum atomic E-state index is 13.5. The number of nitro groups is 1. The summed E-state index contributed by atoms with van der Waals surface area (Å²) in [6, 6.07) is 7.98. The van der Waals surface area contributed by atoms with Crippen LogP contribution >= 0.6 is 0 Å². The number of amides is 1. The van der Waals surface area contributed by atoms with Gasteiger partial charge >= 0.3 is 5.69 Å². The van der Waals surface area contributed by atoms with E-state index in [0.29, 0.717) is 24.7 Å². The zero-order valence-electron chi connectivity index (χ0n) is 17.4. The van der Waals surface area contributed by atoms with Crippen LogP contribution in [-0.4, -0.2) is 30.1 Å². The fraction of sp³-hybridized carbons (Fsp3) is 0.381. The Kier molecular flexibility index (Phi) is 8.11. The lowest BCUT2D eigenvalue weighted by Crippen LogP contribution is -2.39. The standard InChI is InChI=1S/C21H26FN3O5/c1-5-29-19-10-7-15(11-20(19)30-6-2)13(3)23-14(4)21(26)24-16-8-9-17(22)18(12-16)25(27)28/h7-14,23H,5-6H2,1-4H3,(H,24,26)/t13-,14+/m0/s1. The first kappa shape index (κ1) is 23.1. The molecule has 8 nitrogen and oxygen atoms in total. The van der Waals surface area contributed by atoms with Crippen LogP contribution in [0.5, 0.6) is 11.5 Å². The van der Waals surface area contributed by atoms with Gasteiger partial charge in [0, 0.05) is 17.8 Å². The second kappa shape index (κ2) is 10.5. The van der Waals surface area contributed by atoms with Crippen molar-refractivity contribution in [2.24, 2.45) is 0 Å². The molecule has 2 aromatic rings. The molecule has 0 aliphatic rings. The number of carbonyl (C=O) groups excluding carboxylic acids is 1. The number of rotatable bonds is 10. The SMILES string of the molecule is CCOc1ccc([C@H](C)N[C@H](C)C(=O)Nc2ccc(F)c([N+](=O)[O-])c2)cc1OCC. The van der Waals surface area contributed by atoms with Crippen molar-refractivity contribution in [2.75, 3.05) is 18.5 Å². The van der Waals surface area contributed by atoms with E-state index in [4.69, 9.17) is 9.47 Å². The van der Waals surface area contributed by atoms with Crippen LogP contribution < -0.4 is 20.1 Å². The fourth-order valence-corrected chi connectivity index (χ4v) is 2.86. The third-order valence-corrected chi connectivity index (χ3v) is 4.37. The number of halogens is 1. The summed E-state index contributed by atoms with van der Waals surface area (Å²) in [7, 11) is 0. The van der Waals surface area contributed by atoms with Gasteiger partial charge in [-0.2, -0.15) is 4.39 Å². The summed E-state index contributed by atoms with van der Waals surface area (Å²) in [4.78, 5) is 22.5. The van der Waals surface area contributed by atoms with Gasteiger partial charge < -0.3 is 14.8 Å². The maximum Gasteiger partial charge on any atom is 0.306 e. The molecule has 0 unspecified atom stereocenters. The highest BCUT2D eigenvalue weighted by atomic mass is 19.1. The molecule has 2 N–H and O–H groups in total. The lowest BCUT2D eigenvalue weighted by molar-refractivity contribution is -0.387. The van der Waals surface area contributed by atoms with Crippen LogP contribution in [0.25, 0.3) is 0 Å². The molecule has 162 valence electrons. The first-order chi connectivity index (χ1) is 14.3. The van der Waals surface area contributed by atoms with Gasteiger partial charge in [0.15, 0.2) is 11.5 Å². The molecule has 0 spiro atoms. The van der Waals surface area contributed by atoms with Crippen LogP contribution in [0.2, 0.25) is 0 Å². The van der Waals surface area contributed by atoms with E-state index in [1.807, 2.05) is 39.0 Å². The van der Waals surface area contributed by atoms with E-state index < -0.39 is 28.4 Å². The van der Waals surface area contributed by atoms with Crippen molar-refractivity contribution in [3.63, 3.8) is 0 Å². The number of nitrogens with zero attached hydrogens (tertiary/aromatic N) is 1. The van der Waals surface area contributed by atoms with E-state index in [-0.39, 0.29) is 11.7 Å². The zero-order chi connectivity index (χ0) is 22.3. The van der Waals surface area contributed by atoms with Crippen molar-refractivity contribution in [3.8, 4) is 11.5 Å². The second-order valence-corrected chi connectivity index (χ2v) is 6.59. The van der Waals surface area contributed by atoms with E-state index in [0.717, 1.165) is 17.7 Å². The Labute approximate surface area is 174 Å². The Morgan fingerprint density at radius 1 is 1.10 bits per heavy atom. The molecule has 0 aliphatic heterocycles. The third-order valence-electron chi connectivity index (χ3n) is 4.37. The number of carbonyl (C=O) groups is 1. The summed E-state index contributed by atoms with van der Waals surface area (Å²) in [5.74, 6) is -0.0858.